The minimum absolute atomic E-state index is 0.0941. The zero-order valence-corrected chi connectivity index (χ0v) is 17.6. The van der Waals surface area contributed by atoms with Crippen LogP contribution in [0.3, 0.4) is 0 Å². The minimum Gasteiger partial charge on any atom is -0.375 e. The number of carbonyl (C=O) groups excluding carboxylic acids is 1. The van der Waals surface area contributed by atoms with Crippen molar-refractivity contribution in [3.05, 3.63) is 29.3 Å². The van der Waals surface area contributed by atoms with Crippen molar-refractivity contribution in [2.24, 2.45) is 0 Å². The van der Waals surface area contributed by atoms with Gasteiger partial charge in [-0.05, 0) is 31.9 Å². The Morgan fingerprint density at radius 3 is 2.82 bits per heavy atom. The zero-order chi connectivity index (χ0) is 19.5. The Morgan fingerprint density at radius 1 is 1.29 bits per heavy atom. The molecule has 4 rings (SSSR count). The molecule has 2 aromatic rings. The first-order chi connectivity index (χ1) is 13.6. The monoisotopic (exact) mass is 420 g/mol. The molecule has 28 heavy (non-hydrogen) atoms. The van der Waals surface area contributed by atoms with E-state index >= 15 is 0 Å². The summed E-state index contributed by atoms with van der Waals surface area (Å²) in [7, 11) is 0. The molecule has 1 aromatic heterocycles. The Kier molecular flexibility index (Phi) is 6.23. The Bertz CT molecular complexity index is 837. The fraction of sp³-hybridized carbons (Fsp3) is 0.550. The van der Waals surface area contributed by atoms with Crippen LogP contribution in [-0.4, -0.2) is 57.1 Å². The van der Waals surface area contributed by atoms with Gasteiger partial charge in [-0.3, -0.25) is 9.36 Å². The van der Waals surface area contributed by atoms with E-state index in [2.05, 4.69) is 14.8 Å². The number of rotatable bonds is 5. The summed E-state index contributed by atoms with van der Waals surface area (Å²) in [6, 6.07) is 8.10. The lowest BCUT2D eigenvalue weighted by Crippen LogP contribution is -2.45. The lowest BCUT2D eigenvalue weighted by atomic mass is 10.2. The van der Waals surface area contributed by atoms with Crippen LogP contribution in [0.1, 0.15) is 38.6 Å². The summed E-state index contributed by atoms with van der Waals surface area (Å²) >= 11 is 7.90. The van der Waals surface area contributed by atoms with Gasteiger partial charge < -0.3 is 9.64 Å². The van der Waals surface area contributed by atoms with Crippen LogP contribution in [0.2, 0.25) is 5.02 Å². The second kappa shape index (κ2) is 8.84. The first kappa shape index (κ1) is 19.7. The van der Waals surface area contributed by atoms with E-state index in [0.29, 0.717) is 36.5 Å². The summed E-state index contributed by atoms with van der Waals surface area (Å²) in [6.45, 7) is 3.91. The summed E-state index contributed by atoms with van der Waals surface area (Å²) in [5.74, 6) is 1.29. The third kappa shape index (κ3) is 4.21. The molecule has 1 atom stereocenters. The molecule has 0 bridgehead atoms. The standard InChI is InChI=1S/C20H25ClN4O2S/c1-14-12-24(10-11-27-14)18(26)13-28-20-23-22-19(16-8-4-5-9-17(16)21)25(20)15-6-2-3-7-15/h4-5,8-9,14-15H,2-3,6-7,10-13H2,1H3. The first-order valence-corrected chi connectivity index (χ1v) is 11.2. The number of halogens is 1. The van der Waals surface area contributed by atoms with Gasteiger partial charge in [0.05, 0.1) is 23.5 Å². The second-order valence-corrected chi connectivity index (χ2v) is 8.75. The average molecular weight is 421 g/mol. The maximum Gasteiger partial charge on any atom is 0.233 e. The summed E-state index contributed by atoms with van der Waals surface area (Å²) in [5.41, 5.74) is 0.892. The molecule has 0 spiro atoms. The molecule has 1 saturated heterocycles. The maximum atomic E-state index is 12.7. The number of carbonyl (C=O) groups is 1. The summed E-state index contributed by atoms with van der Waals surface area (Å²) in [6.07, 6.45) is 4.73. The minimum atomic E-state index is 0.0941. The topological polar surface area (TPSA) is 60.2 Å². The van der Waals surface area contributed by atoms with Crippen LogP contribution in [0.5, 0.6) is 0 Å². The van der Waals surface area contributed by atoms with E-state index in [-0.39, 0.29) is 12.0 Å². The Balaban J connectivity index is 1.55. The van der Waals surface area contributed by atoms with Crippen LogP contribution in [-0.2, 0) is 9.53 Å². The highest BCUT2D eigenvalue weighted by atomic mass is 35.5. The number of morpholine rings is 1. The fourth-order valence-electron chi connectivity index (χ4n) is 3.96. The van der Waals surface area contributed by atoms with Gasteiger partial charge in [-0.1, -0.05) is 48.3 Å². The molecule has 8 heteroatoms. The zero-order valence-electron chi connectivity index (χ0n) is 16.0. The SMILES string of the molecule is CC1CN(C(=O)CSc2nnc(-c3ccccc3Cl)n2C2CCCC2)CCO1. The van der Waals surface area contributed by atoms with Gasteiger partial charge in [-0.25, -0.2) is 0 Å². The molecule has 6 nitrogen and oxygen atoms in total. The van der Waals surface area contributed by atoms with Crippen LogP contribution in [0, 0.1) is 0 Å². The molecule has 0 N–H and O–H groups in total. The van der Waals surface area contributed by atoms with E-state index in [1.54, 1.807) is 0 Å². The maximum absolute atomic E-state index is 12.7. The van der Waals surface area contributed by atoms with E-state index in [1.807, 2.05) is 36.1 Å². The molecule has 1 unspecified atom stereocenters. The van der Waals surface area contributed by atoms with Gasteiger partial charge in [0.1, 0.15) is 0 Å². The molecule has 2 fully saturated rings. The number of aromatic nitrogens is 3. The number of hydrogen-bond donors (Lipinski definition) is 0. The van der Waals surface area contributed by atoms with E-state index in [9.17, 15) is 4.79 Å². The van der Waals surface area contributed by atoms with Gasteiger partial charge in [0.2, 0.25) is 5.91 Å². The smallest absolute Gasteiger partial charge is 0.233 e. The third-order valence-electron chi connectivity index (χ3n) is 5.39. The average Bonchev–Trinajstić information content (AvgIpc) is 3.36. The molecule has 150 valence electrons. The van der Waals surface area contributed by atoms with Crippen LogP contribution < -0.4 is 0 Å². The molecule has 2 aliphatic rings. The highest BCUT2D eigenvalue weighted by Crippen LogP contribution is 2.38. The lowest BCUT2D eigenvalue weighted by molar-refractivity contribution is -0.135. The Labute approximate surface area is 174 Å². The third-order valence-corrected chi connectivity index (χ3v) is 6.65. The lowest BCUT2D eigenvalue weighted by Gasteiger charge is -2.31. The fourth-order valence-corrected chi connectivity index (χ4v) is 5.08. The van der Waals surface area contributed by atoms with E-state index in [4.69, 9.17) is 16.3 Å². The van der Waals surface area contributed by atoms with Crippen molar-refractivity contribution in [2.45, 2.75) is 49.9 Å². The molecular weight excluding hydrogens is 396 g/mol. The number of nitrogens with zero attached hydrogens (tertiary/aromatic N) is 4. The van der Waals surface area contributed by atoms with Gasteiger partial charge in [0, 0.05) is 24.7 Å². The number of benzene rings is 1. The van der Waals surface area contributed by atoms with Crippen molar-refractivity contribution in [2.75, 3.05) is 25.4 Å². The van der Waals surface area contributed by atoms with Gasteiger partial charge in [0.25, 0.3) is 0 Å². The van der Waals surface area contributed by atoms with Gasteiger partial charge in [-0.2, -0.15) is 0 Å². The normalized spacial score (nSPS) is 20.6. The van der Waals surface area contributed by atoms with Crippen molar-refractivity contribution in [3.8, 4) is 11.4 Å². The quantitative estimate of drug-likeness (QED) is 0.683. The number of ether oxygens (including phenoxy) is 1. The van der Waals surface area contributed by atoms with Crippen molar-refractivity contribution in [1.29, 1.82) is 0 Å². The van der Waals surface area contributed by atoms with Crippen LogP contribution in [0.15, 0.2) is 29.4 Å². The largest absolute Gasteiger partial charge is 0.375 e. The molecule has 2 heterocycles. The molecule has 1 aromatic carbocycles. The molecule has 1 aliphatic heterocycles. The van der Waals surface area contributed by atoms with E-state index in [1.165, 1.54) is 24.6 Å². The molecular formula is C20H25ClN4O2S. The van der Waals surface area contributed by atoms with Crippen LogP contribution >= 0.6 is 23.4 Å². The predicted octanol–water partition coefficient (Wildman–Crippen LogP) is 4.05. The van der Waals surface area contributed by atoms with Crippen LogP contribution in [0.25, 0.3) is 11.4 Å². The highest BCUT2D eigenvalue weighted by Gasteiger charge is 2.27. The summed E-state index contributed by atoms with van der Waals surface area (Å²) in [5, 5.41) is 10.4. The molecule has 0 radical (unpaired) electrons. The van der Waals surface area contributed by atoms with Gasteiger partial charge in [-0.15, -0.1) is 10.2 Å². The second-order valence-electron chi connectivity index (χ2n) is 7.40. The van der Waals surface area contributed by atoms with Crippen molar-refractivity contribution < 1.29 is 9.53 Å². The van der Waals surface area contributed by atoms with Crippen molar-refractivity contribution >= 4 is 29.3 Å². The van der Waals surface area contributed by atoms with Gasteiger partial charge >= 0.3 is 0 Å². The summed E-state index contributed by atoms with van der Waals surface area (Å²) in [4.78, 5) is 14.5. The van der Waals surface area contributed by atoms with E-state index < -0.39 is 0 Å². The Morgan fingerprint density at radius 2 is 2.07 bits per heavy atom. The number of amides is 1. The number of hydrogen-bond acceptors (Lipinski definition) is 5. The molecule has 1 amide bonds. The van der Waals surface area contributed by atoms with Gasteiger partial charge in [0.15, 0.2) is 11.0 Å². The van der Waals surface area contributed by atoms with Crippen LogP contribution in [0.4, 0.5) is 0 Å². The highest BCUT2D eigenvalue weighted by molar-refractivity contribution is 7.99. The predicted molar refractivity (Wildman–Crippen MR) is 111 cm³/mol. The molecule has 1 saturated carbocycles. The van der Waals surface area contributed by atoms with Crippen molar-refractivity contribution in [3.63, 3.8) is 0 Å². The molecule has 1 aliphatic carbocycles. The first-order valence-electron chi connectivity index (χ1n) is 9.85. The van der Waals surface area contributed by atoms with E-state index in [0.717, 1.165) is 29.4 Å². The Hall–Kier alpha value is -1.57. The summed E-state index contributed by atoms with van der Waals surface area (Å²) < 4.78 is 7.73. The van der Waals surface area contributed by atoms with Crippen molar-refractivity contribution in [1.82, 2.24) is 19.7 Å². The number of thioether (sulfide) groups is 1.